The maximum atomic E-state index is 13.3. The van der Waals surface area contributed by atoms with Gasteiger partial charge in [-0.25, -0.2) is 4.39 Å². The molecule has 3 nitrogen and oxygen atoms in total. The Morgan fingerprint density at radius 3 is 3.06 bits per heavy atom. The fourth-order valence-electron chi connectivity index (χ4n) is 1.14. The fraction of sp³-hybridized carbons (Fsp3) is 0.250. The molecule has 0 saturated carbocycles. The van der Waals surface area contributed by atoms with Crippen LogP contribution in [0.5, 0.6) is 0 Å². The molecule has 0 aliphatic heterocycles. The lowest BCUT2D eigenvalue weighted by Gasteiger charge is -2.00. The summed E-state index contributed by atoms with van der Waals surface area (Å²) in [6, 6.07) is 4.55. The lowest BCUT2D eigenvalue weighted by atomic mass is 10.2. The van der Waals surface area contributed by atoms with E-state index in [0.717, 1.165) is 4.47 Å². The average Bonchev–Trinajstić information content (AvgIpc) is 2.31. The number of nitrogens with one attached hydrogen (secondary N) is 1. The molecule has 0 aliphatic carbocycles. The Morgan fingerprint density at radius 1 is 1.59 bits per heavy atom. The highest BCUT2D eigenvalue weighted by Gasteiger charge is 2.00. The minimum absolute atomic E-state index is 0.276. The minimum Gasteiger partial charge on any atom is -0.383 e. The molecule has 5 heteroatoms. The number of benzene rings is 1. The van der Waals surface area contributed by atoms with Crippen molar-refractivity contribution in [3.05, 3.63) is 40.1 Å². The van der Waals surface area contributed by atoms with Gasteiger partial charge in [-0.15, -0.1) is 0 Å². The van der Waals surface area contributed by atoms with Gasteiger partial charge in [0.05, 0.1) is 6.61 Å². The van der Waals surface area contributed by atoms with E-state index in [1.165, 1.54) is 18.2 Å². The number of hydrogen-bond donors (Lipinski definition) is 1. The molecule has 1 N–H and O–H groups in total. The molecule has 0 spiro atoms. The summed E-state index contributed by atoms with van der Waals surface area (Å²) in [6.45, 7) is 0.880. The summed E-state index contributed by atoms with van der Waals surface area (Å²) in [5.41, 5.74) is 0.362. The first-order chi connectivity index (χ1) is 8.13. The summed E-state index contributed by atoms with van der Waals surface area (Å²) in [4.78, 5) is 11.3. The van der Waals surface area contributed by atoms with Crippen molar-refractivity contribution in [2.75, 3.05) is 20.3 Å². The molecule has 1 aromatic carbocycles. The second-order valence-electron chi connectivity index (χ2n) is 3.28. The van der Waals surface area contributed by atoms with E-state index < -0.39 is 0 Å². The first-order valence-electron chi connectivity index (χ1n) is 5.03. The number of carbonyl (C=O) groups is 1. The van der Waals surface area contributed by atoms with E-state index in [1.807, 2.05) is 0 Å². The molecule has 0 aliphatic rings. The highest BCUT2D eigenvalue weighted by Crippen LogP contribution is 2.16. The number of carbonyl (C=O) groups excluding carboxylic acids is 1. The van der Waals surface area contributed by atoms with Gasteiger partial charge in [0.1, 0.15) is 5.82 Å². The first-order valence-corrected chi connectivity index (χ1v) is 5.82. The van der Waals surface area contributed by atoms with Crippen molar-refractivity contribution in [2.24, 2.45) is 0 Å². The third-order valence-corrected chi connectivity index (χ3v) is 2.47. The van der Waals surface area contributed by atoms with Crippen LogP contribution in [-0.2, 0) is 9.53 Å². The molecule has 0 fully saturated rings. The van der Waals surface area contributed by atoms with E-state index in [4.69, 9.17) is 4.74 Å². The van der Waals surface area contributed by atoms with Crippen LogP contribution >= 0.6 is 15.9 Å². The molecular formula is C12H13BrFNO2. The number of amides is 1. The topological polar surface area (TPSA) is 38.3 Å². The standard InChI is InChI=1S/C12H13BrFNO2/c1-17-7-6-15-12(16)5-2-9-8-10(13)3-4-11(9)14/h2-5,8H,6-7H2,1H3,(H,15,16)/b5-2+. The Labute approximate surface area is 108 Å². The normalized spacial score (nSPS) is 10.8. The maximum absolute atomic E-state index is 13.3. The lowest BCUT2D eigenvalue weighted by Crippen LogP contribution is -2.24. The Balaban J connectivity index is 2.57. The van der Waals surface area contributed by atoms with Gasteiger partial charge in [0.25, 0.3) is 0 Å². The fourth-order valence-corrected chi connectivity index (χ4v) is 1.52. The van der Waals surface area contributed by atoms with Gasteiger partial charge in [0.15, 0.2) is 0 Å². The Bertz CT molecular complexity index is 421. The van der Waals surface area contributed by atoms with Crippen molar-refractivity contribution in [1.82, 2.24) is 5.32 Å². The summed E-state index contributed by atoms with van der Waals surface area (Å²) < 4.78 is 18.9. The predicted molar refractivity (Wildman–Crippen MR) is 68.0 cm³/mol. The zero-order chi connectivity index (χ0) is 12.7. The van der Waals surface area contributed by atoms with E-state index in [0.29, 0.717) is 18.7 Å². The Kier molecular flexibility index (Phi) is 5.86. The molecule has 0 atom stereocenters. The molecule has 0 bridgehead atoms. The second-order valence-corrected chi connectivity index (χ2v) is 4.20. The zero-order valence-corrected chi connectivity index (χ0v) is 11.0. The van der Waals surface area contributed by atoms with Crippen molar-refractivity contribution in [2.45, 2.75) is 0 Å². The minimum atomic E-state index is -0.367. The van der Waals surface area contributed by atoms with Gasteiger partial charge in [0.2, 0.25) is 5.91 Å². The van der Waals surface area contributed by atoms with E-state index in [9.17, 15) is 9.18 Å². The molecule has 17 heavy (non-hydrogen) atoms. The third-order valence-electron chi connectivity index (χ3n) is 1.98. The smallest absolute Gasteiger partial charge is 0.244 e. The van der Waals surface area contributed by atoms with Crippen LogP contribution in [0.15, 0.2) is 28.7 Å². The summed E-state index contributed by atoms with van der Waals surface area (Å²) >= 11 is 3.24. The van der Waals surface area contributed by atoms with E-state index in [2.05, 4.69) is 21.2 Å². The van der Waals surface area contributed by atoms with Crippen LogP contribution in [0.3, 0.4) is 0 Å². The highest BCUT2D eigenvalue weighted by atomic mass is 79.9. The zero-order valence-electron chi connectivity index (χ0n) is 9.37. The van der Waals surface area contributed by atoms with Crippen molar-refractivity contribution in [3.63, 3.8) is 0 Å². The second kappa shape index (κ2) is 7.19. The molecular weight excluding hydrogens is 289 g/mol. The number of halogens is 2. The summed E-state index contributed by atoms with van der Waals surface area (Å²) in [6.07, 6.45) is 2.72. The molecule has 0 unspecified atom stereocenters. The molecule has 1 rings (SSSR count). The summed E-state index contributed by atoms with van der Waals surface area (Å²) in [7, 11) is 1.55. The lowest BCUT2D eigenvalue weighted by molar-refractivity contribution is -0.116. The van der Waals surface area contributed by atoms with Crippen molar-refractivity contribution in [3.8, 4) is 0 Å². The van der Waals surface area contributed by atoms with E-state index in [-0.39, 0.29) is 11.7 Å². The summed E-state index contributed by atoms with van der Waals surface area (Å²) in [5.74, 6) is -0.643. The quantitative estimate of drug-likeness (QED) is 0.670. The number of ether oxygens (including phenoxy) is 1. The van der Waals surface area contributed by atoms with Gasteiger partial charge < -0.3 is 10.1 Å². The van der Waals surface area contributed by atoms with Crippen LogP contribution in [0.1, 0.15) is 5.56 Å². The van der Waals surface area contributed by atoms with Gasteiger partial charge in [-0.2, -0.15) is 0 Å². The molecule has 0 aromatic heterocycles. The van der Waals surface area contributed by atoms with Gasteiger partial charge in [-0.05, 0) is 24.3 Å². The Hall–Kier alpha value is -1.20. The van der Waals surface area contributed by atoms with Crippen LogP contribution in [0.2, 0.25) is 0 Å². The number of hydrogen-bond acceptors (Lipinski definition) is 2. The molecule has 92 valence electrons. The van der Waals surface area contributed by atoms with Gasteiger partial charge in [-0.1, -0.05) is 15.9 Å². The van der Waals surface area contributed by atoms with E-state index in [1.54, 1.807) is 19.2 Å². The van der Waals surface area contributed by atoms with Crippen LogP contribution in [0.4, 0.5) is 4.39 Å². The van der Waals surface area contributed by atoms with Crippen LogP contribution < -0.4 is 5.32 Å². The van der Waals surface area contributed by atoms with Crippen molar-refractivity contribution in [1.29, 1.82) is 0 Å². The van der Waals surface area contributed by atoms with Crippen LogP contribution in [0.25, 0.3) is 6.08 Å². The Morgan fingerprint density at radius 2 is 2.35 bits per heavy atom. The van der Waals surface area contributed by atoms with Gasteiger partial charge in [0, 0.05) is 29.8 Å². The highest BCUT2D eigenvalue weighted by molar-refractivity contribution is 9.10. The first kappa shape index (κ1) is 13.9. The molecule has 0 radical (unpaired) electrons. The number of methoxy groups -OCH3 is 1. The molecule has 1 amide bonds. The van der Waals surface area contributed by atoms with Gasteiger partial charge in [-0.3, -0.25) is 4.79 Å². The monoisotopic (exact) mass is 301 g/mol. The third kappa shape index (κ3) is 5.10. The summed E-state index contributed by atoms with van der Waals surface area (Å²) in [5, 5.41) is 2.60. The van der Waals surface area contributed by atoms with Crippen molar-refractivity contribution < 1.29 is 13.9 Å². The van der Waals surface area contributed by atoms with Gasteiger partial charge >= 0.3 is 0 Å². The van der Waals surface area contributed by atoms with E-state index >= 15 is 0 Å². The maximum Gasteiger partial charge on any atom is 0.244 e. The average molecular weight is 302 g/mol. The van der Waals surface area contributed by atoms with Crippen molar-refractivity contribution >= 4 is 27.9 Å². The molecule has 1 aromatic rings. The molecule has 0 heterocycles. The van der Waals surface area contributed by atoms with Crippen LogP contribution in [0, 0.1) is 5.82 Å². The largest absolute Gasteiger partial charge is 0.383 e. The SMILES string of the molecule is COCCNC(=O)/C=C/c1cc(Br)ccc1F. The molecule has 0 saturated heterocycles. The number of rotatable bonds is 5. The van der Waals surface area contributed by atoms with Crippen LogP contribution in [-0.4, -0.2) is 26.2 Å². The predicted octanol–water partition coefficient (Wildman–Crippen LogP) is 2.36.